The standard InChI is InChI=1S/C20H19ClO6/c1-20(2,3)27-19(25)16-9-11(17(22)23)5-7-13(16)15-10-12(21)6-8-14(15)18(24)26-4/h5-10H,1-4H3,(H,22,23). The number of esters is 2. The van der Waals surface area contributed by atoms with Crippen LogP contribution in [0.4, 0.5) is 0 Å². The smallest absolute Gasteiger partial charge is 0.339 e. The van der Waals surface area contributed by atoms with Gasteiger partial charge in [0.1, 0.15) is 5.60 Å². The molecule has 0 fully saturated rings. The largest absolute Gasteiger partial charge is 0.478 e. The van der Waals surface area contributed by atoms with E-state index in [0.29, 0.717) is 16.1 Å². The van der Waals surface area contributed by atoms with Gasteiger partial charge >= 0.3 is 17.9 Å². The van der Waals surface area contributed by atoms with Gasteiger partial charge < -0.3 is 14.6 Å². The average Bonchev–Trinajstić information content (AvgIpc) is 2.58. The number of benzene rings is 2. The number of methoxy groups -OCH3 is 1. The summed E-state index contributed by atoms with van der Waals surface area (Å²) in [7, 11) is 1.24. The lowest BCUT2D eigenvalue weighted by Gasteiger charge is -2.21. The van der Waals surface area contributed by atoms with Crippen molar-refractivity contribution < 1.29 is 29.0 Å². The molecule has 0 aliphatic carbocycles. The molecule has 142 valence electrons. The first-order valence-corrected chi connectivity index (χ1v) is 8.40. The van der Waals surface area contributed by atoms with Crippen LogP contribution in [0.5, 0.6) is 0 Å². The summed E-state index contributed by atoms with van der Waals surface area (Å²) in [5, 5.41) is 9.61. The van der Waals surface area contributed by atoms with Crippen LogP contribution in [0.2, 0.25) is 5.02 Å². The van der Waals surface area contributed by atoms with Gasteiger partial charge in [-0.2, -0.15) is 0 Å². The predicted molar refractivity (Wildman–Crippen MR) is 100 cm³/mol. The second-order valence-corrected chi connectivity index (χ2v) is 7.19. The van der Waals surface area contributed by atoms with E-state index < -0.39 is 23.5 Å². The predicted octanol–water partition coefficient (Wildman–Crippen LogP) is 4.45. The Balaban J connectivity index is 2.74. The van der Waals surface area contributed by atoms with Crippen molar-refractivity contribution in [1.82, 2.24) is 0 Å². The van der Waals surface area contributed by atoms with Gasteiger partial charge in [0.05, 0.1) is 23.8 Å². The van der Waals surface area contributed by atoms with Crippen LogP contribution in [0.3, 0.4) is 0 Å². The molecule has 0 aromatic heterocycles. The van der Waals surface area contributed by atoms with Crippen molar-refractivity contribution >= 4 is 29.5 Å². The second-order valence-electron chi connectivity index (χ2n) is 6.75. The minimum Gasteiger partial charge on any atom is -0.478 e. The summed E-state index contributed by atoms with van der Waals surface area (Å²) in [6.45, 7) is 5.10. The molecule has 0 unspecified atom stereocenters. The first kappa shape index (κ1) is 20.5. The Kier molecular flexibility index (Phi) is 5.91. The monoisotopic (exact) mass is 390 g/mol. The summed E-state index contributed by atoms with van der Waals surface area (Å²) in [4.78, 5) is 36.2. The summed E-state index contributed by atoms with van der Waals surface area (Å²) in [5.74, 6) is -2.51. The number of aromatic carboxylic acids is 1. The highest BCUT2D eigenvalue weighted by molar-refractivity contribution is 6.31. The Morgan fingerprint density at radius 2 is 1.59 bits per heavy atom. The highest BCUT2D eigenvalue weighted by Gasteiger charge is 2.25. The van der Waals surface area contributed by atoms with Gasteiger partial charge in [-0.15, -0.1) is 0 Å². The normalized spacial score (nSPS) is 11.0. The number of carbonyl (C=O) groups excluding carboxylic acids is 2. The van der Waals surface area contributed by atoms with Crippen molar-refractivity contribution in [2.45, 2.75) is 26.4 Å². The first-order valence-electron chi connectivity index (χ1n) is 8.02. The molecule has 0 amide bonds. The fourth-order valence-electron chi connectivity index (χ4n) is 2.44. The highest BCUT2D eigenvalue weighted by Crippen LogP contribution is 2.32. The zero-order valence-corrected chi connectivity index (χ0v) is 16.1. The molecule has 0 saturated carbocycles. The number of hydrogen-bond donors (Lipinski definition) is 1. The van der Waals surface area contributed by atoms with E-state index in [2.05, 4.69) is 0 Å². The van der Waals surface area contributed by atoms with E-state index in [1.165, 1.54) is 43.5 Å². The Morgan fingerprint density at radius 1 is 0.926 bits per heavy atom. The molecule has 0 spiro atoms. The minimum absolute atomic E-state index is 0.0113. The van der Waals surface area contributed by atoms with E-state index in [9.17, 15) is 19.5 Å². The van der Waals surface area contributed by atoms with Crippen molar-refractivity contribution in [3.63, 3.8) is 0 Å². The Hall–Kier alpha value is -2.86. The highest BCUT2D eigenvalue weighted by atomic mass is 35.5. The molecular weight excluding hydrogens is 372 g/mol. The van der Waals surface area contributed by atoms with Gasteiger partial charge in [0.25, 0.3) is 0 Å². The van der Waals surface area contributed by atoms with Crippen LogP contribution in [0.15, 0.2) is 36.4 Å². The van der Waals surface area contributed by atoms with Gasteiger partial charge in [-0.25, -0.2) is 14.4 Å². The molecule has 7 heteroatoms. The van der Waals surface area contributed by atoms with Crippen molar-refractivity contribution in [2.75, 3.05) is 7.11 Å². The molecule has 0 bridgehead atoms. The molecule has 0 saturated heterocycles. The van der Waals surface area contributed by atoms with Crippen LogP contribution in [0.1, 0.15) is 51.8 Å². The maximum absolute atomic E-state index is 12.7. The second kappa shape index (κ2) is 7.80. The van der Waals surface area contributed by atoms with Gasteiger partial charge in [0, 0.05) is 5.02 Å². The van der Waals surface area contributed by atoms with Crippen LogP contribution < -0.4 is 0 Å². The molecule has 27 heavy (non-hydrogen) atoms. The van der Waals surface area contributed by atoms with Gasteiger partial charge in [0.2, 0.25) is 0 Å². The molecular formula is C20H19ClO6. The van der Waals surface area contributed by atoms with Crippen molar-refractivity contribution in [3.8, 4) is 11.1 Å². The number of ether oxygens (including phenoxy) is 2. The number of rotatable bonds is 4. The molecule has 0 aliphatic rings. The van der Waals surface area contributed by atoms with Crippen LogP contribution in [0.25, 0.3) is 11.1 Å². The number of halogens is 1. The maximum Gasteiger partial charge on any atom is 0.339 e. The lowest BCUT2D eigenvalue weighted by molar-refractivity contribution is 0.00701. The van der Waals surface area contributed by atoms with Crippen LogP contribution >= 0.6 is 11.6 Å². The summed E-state index contributed by atoms with van der Waals surface area (Å²) in [6.07, 6.45) is 0. The molecule has 0 heterocycles. The molecule has 2 rings (SSSR count). The molecule has 0 aliphatic heterocycles. The first-order chi connectivity index (χ1) is 12.5. The topological polar surface area (TPSA) is 89.9 Å². The summed E-state index contributed by atoms with van der Waals surface area (Å²) in [6, 6.07) is 8.52. The van der Waals surface area contributed by atoms with Crippen LogP contribution in [-0.2, 0) is 9.47 Å². The molecule has 6 nitrogen and oxygen atoms in total. The van der Waals surface area contributed by atoms with E-state index in [1.807, 2.05) is 0 Å². The third-order valence-electron chi connectivity index (χ3n) is 3.56. The number of carboxylic acids is 1. The van der Waals surface area contributed by atoms with E-state index in [-0.39, 0.29) is 16.7 Å². The Morgan fingerprint density at radius 3 is 2.15 bits per heavy atom. The van der Waals surface area contributed by atoms with Crippen LogP contribution in [0, 0.1) is 0 Å². The number of carbonyl (C=O) groups is 3. The van der Waals surface area contributed by atoms with E-state index >= 15 is 0 Å². The van der Waals surface area contributed by atoms with Gasteiger partial charge in [-0.05, 0) is 62.2 Å². The molecule has 2 aromatic carbocycles. The van der Waals surface area contributed by atoms with Crippen molar-refractivity contribution in [2.24, 2.45) is 0 Å². The van der Waals surface area contributed by atoms with Crippen molar-refractivity contribution in [1.29, 1.82) is 0 Å². The fraction of sp³-hybridized carbons (Fsp3) is 0.250. The lowest BCUT2D eigenvalue weighted by Crippen LogP contribution is -2.24. The SMILES string of the molecule is COC(=O)c1ccc(Cl)cc1-c1ccc(C(=O)O)cc1C(=O)OC(C)(C)C. The van der Waals surface area contributed by atoms with Crippen LogP contribution in [-0.4, -0.2) is 35.7 Å². The third-order valence-corrected chi connectivity index (χ3v) is 3.80. The molecule has 1 N–H and O–H groups in total. The maximum atomic E-state index is 12.7. The summed E-state index contributed by atoms with van der Waals surface area (Å²) < 4.78 is 10.2. The molecule has 0 radical (unpaired) electrons. The van der Waals surface area contributed by atoms with Gasteiger partial charge in [-0.1, -0.05) is 17.7 Å². The summed E-state index contributed by atoms with van der Waals surface area (Å²) in [5.41, 5.74) is -0.00909. The molecule has 0 atom stereocenters. The average molecular weight is 391 g/mol. The van der Waals surface area contributed by atoms with E-state index in [1.54, 1.807) is 20.8 Å². The van der Waals surface area contributed by atoms with E-state index in [4.69, 9.17) is 21.1 Å². The minimum atomic E-state index is -1.19. The van der Waals surface area contributed by atoms with Gasteiger partial charge in [-0.3, -0.25) is 0 Å². The quantitative estimate of drug-likeness (QED) is 0.776. The van der Waals surface area contributed by atoms with E-state index in [0.717, 1.165) is 0 Å². The summed E-state index contributed by atoms with van der Waals surface area (Å²) >= 11 is 6.07. The number of hydrogen-bond acceptors (Lipinski definition) is 5. The fourth-order valence-corrected chi connectivity index (χ4v) is 2.61. The zero-order valence-electron chi connectivity index (χ0n) is 15.3. The number of carboxylic acid groups (broad SMARTS) is 1. The third kappa shape index (κ3) is 4.86. The van der Waals surface area contributed by atoms with Crippen molar-refractivity contribution in [3.05, 3.63) is 58.1 Å². The Bertz CT molecular complexity index is 911. The molecule has 2 aromatic rings. The lowest BCUT2D eigenvalue weighted by atomic mass is 9.93. The van der Waals surface area contributed by atoms with Gasteiger partial charge in [0.15, 0.2) is 0 Å². The zero-order chi connectivity index (χ0) is 20.4. The Labute approximate surface area is 161 Å².